The molecule has 0 radical (unpaired) electrons. The predicted octanol–water partition coefficient (Wildman–Crippen LogP) is 4.11. The lowest BCUT2D eigenvalue weighted by molar-refractivity contribution is 0.600. The van der Waals surface area contributed by atoms with Crippen LogP contribution in [0.1, 0.15) is 17.3 Å². The maximum absolute atomic E-state index is 12.8. The highest BCUT2D eigenvalue weighted by molar-refractivity contribution is 7.92. The third-order valence-corrected chi connectivity index (χ3v) is 6.78. The molecule has 8 heteroatoms. The Morgan fingerprint density at radius 1 is 1.07 bits per heavy atom. The van der Waals surface area contributed by atoms with Crippen molar-refractivity contribution in [3.8, 4) is 6.07 Å². The summed E-state index contributed by atoms with van der Waals surface area (Å²) in [7, 11) is -3.94. The number of thiophene rings is 1. The van der Waals surface area contributed by atoms with Gasteiger partial charge in [-0.3, -0.25) is 0 Å². The zero-order chi connectivity index (χ0) is 19.6. The van der Waals surface area contributed by atoms with Crippen LogP contribution in [0.25, 0.3) is 11.0 Å². The molecule has 2 aromatic heterocycles. The van der Waals surface area contributed by atoms with Crippen LogP contribution >= 0.6 is 11.3 Å². The minimum absolute atomic E-state index is 0.127. The van der Waals surface area contributed by atoms with Crippen LogP contribution < -0.4 is 0 Å². The third kappa shape index (κ3) is 3.45. The molecule has 0 aliphatic heterocycles. The standard InChI is InChI=1S/C20H14N4O2S2/c21-13-15(20-22-16-9-4-5-10-17(16)23-20)19(14-7-2-1-3-8-14)24-28(25,26)18-11-6-12-27-18/h1-12,15H,(H,22,23)/t15-/m0/s1. The minimum Gasteiger partial charge on any atom is -0.341 e. The van der Waals surface area contributed by atoms with Crippen LogP contribution in [0.4, 0.5) is 0 Å². The van der Waals surface area contributed by atoms with Crippen LogP contribution in [0.2, 0.25) is 0 Å². The van der Waals surface area contributed by atoms with E-state index in [1.807, 2.05) is 30.3 Å². The van der Waals surface area contributed by atoms with Crippen LogP contribution in [0.3, 0.4) is 0 Å². The summed E-state index contributed by atoms with van der Waals surface area (Å²) in [4.78, 5) is 7.58. The molecule has 4 aromatic rings. The highest BCUT2D eigenvalue weighted by Gasteiger charge is 2.26. The Kier molecular flexibility index (Phi) is 4.77. The second-order valence-corrected chi connectivity index (χ2v) is 8.73. The van der Waals surface area contributed by atoms with Gasteiger partial charge >= 0.3 is 0 Å². The molecule has 4 rings (SSSR count). The SMILES string of the molecule is N#C[C@@H](C(=NS(=O)(=O)c1cccs1)c1ccccc1)c1nc2ccccc2[nH]1. The molecule has 138 valence electrons. The number of aromatic nitrogens is 2. The van der Waals surface area contributed by atoms with Crippen LogP contribution in [0.5, 0.6) is 0 Å². The molecule has 6 nitrogen and oxygen atoms in total. The van der Waals surface area contributed by atoms with Crippen LogP contribution in [-0.2, 0) is 10.0 Å². The second-order valence-electron chi connectivity index (χ2n) is 5.95. The lowest BCUT2D eigenvalue weighted by atomic mass is 9.97. The first-order valence-corrected chi connectivity index (χ1v) is 10.7. The Labute approximate surface area is 165 Å². The lowest BCUT2D eigenvalue weighted by Gasteiger charge is -2.11. The first kappa shape index (κ1) is 18.1. The monoisotopic (exact) mass is 406 g/mol. The summed E-state index contributed by atoms with van der Waals surface area (Å²) in [5.74, 6) is -0.614. The van der Waals surface area contributed by atoms with E-state index in [9.17, 15) is 13.7 Å². The quantitative estimate of drug-likeness (QED) is 0.504. The maximum atomic E-state index is 12.8. The van der Waals surface area contributed by atoms with Gasteiger partial charge in [0.1, 0.15) is 16.0 Å². The van der Waals surface area contributed by atoms with Crippen molar-refractivity contribution in [2.45, 2.75) is 10.1 Å². The first-order valence-electron chi connectivity index (χ1n) is 8.36. The first-order chi connectivity index (χ1) is 13.6. The summed E-state index contributed by atoms with van der Waals surface area (Å²) in [5.41, 5.74) is 2.16. The fourth-order valence-electron chi connectivity index (χ4n) is 2.83. The molecule has 2 aromatic carbocycles. The minimum atomic E-state index is -3.94. The molecule has 0 amide bonds. The van der Waals surface area contributed by atoms with Gasteiger partial charge in [-0.05, 0) is 29.1 Å². The van der Waals surface area contributed by atoms with Gasteiger partial charge in [0, 0.05) is 0 Å². The molecule has 0 aliphatic rings. The van der Waals surface area contributed by atoms with E-state index in [4.69, 9.17) is 0 Å². The Balaban J connectivity index is 1.89. The average molecular weight is 406 g/mol. The number of hydrogen-bond donors (Lipinski definition) is 1. The second kappa shape index (κ2) is 7.38. The molecule has 2 heterocycles. The van der Waals surface area contributed by atoms with Gasteiger partial charge in [0.05, 0.1) is 22.8 Å². The summed E-state index contributed by atoms with van der Waals surface area (Å²) >= 11 is 1.08. The fourth-order valence-corrected chi connectivity index (χ4v) is 4.85. The summed E-state index contributed by atoms with van der Waals surface area (Å²) in [5, 5.41) is 11.6. The summed E-state index contributed by atoms with van der Waals surface area (Å²) in [6.45, 7) is 0. The number of sulfonamides is 1. The normalized spacial score (nSPS) is 13.3. The molecule has 0 saturated heterocycles. The summed E-state index contributed by atoms with van der Waals surface area (Å²) in [6.07, 6.45) is 0. The number of para-hydroxylation sites is 2. The smallest absolute Gasteiger partial charge is 0.292 e. The van der Waals surface area contributed by atoms with Gasteiger partial charge in [0.2, 0.25) is 0 Å². The number of imidazole rings is 1. The van der Waals surface area contributed by atoms with E-state index in [0.717, 1.165) is 16.9 Å². The van der Waals surface area contributed by atoms with Gasteiger partial charge in [-0.25, -0.2) is 4.98 Å². The van der Waals surface area contributed by atoms with Crippen molar-refractivity contribution in [2.75, 3.05) is 0 Å². The molecule has 0 fully saturated rings. The average Bonchev–Trinajstić information content (AvgIpc) is 3.38. The van der Waals surface area contributed by atoms with E-state index in [-0.39, 0.29) is 9.92 Å². The highest BCUT2D eigenvalue weighted by atomic mass is 32.2. The van der Waals surface area contributed by atoms with E-state index in [2.05, 4.69) is 20.4 Å². The largest absolute Gasteiger partial charge is 0.341 e. The molecule has 0 aliphatic carbocycles. The lowest BCUT2D eigenvalue weighted by Crippen LogP contribution is -2.16. The summed E-state index contributed by atoms with van der Waals surface area (Å²) < 4.78 is 29.8. The Morgan fingerprint density at radius 3 is 2.50 bits per heavy atom. The van der Waals surface area contributed by atoms with Crippen molar-refractivity contribution in [2.24, 2.45) is 4.40 Å². The maximum Gasteiger partial charge on any atom is 0.292 e. The number of rotatable bonds is 5. The molecule has 0 spiro atoms. The van der Waals surface area contributed by atoms with Crippen LogP contribution in [0, 0.1) is 11.3 Å². The van der Waals surface area contributed by atoms with Gasteiger partial charge in [-0.2, -0.15) is 18.1 Å². The number of nitriles is 1. The number of aromatic amines is 1. The van der Waals surface area contributed by atoms with Crippen molar-refractivity contribution in [1.29, 1.82) is 5.26 Å². The van der Waals surface area contributed by atoms with E-state index in [0.29, 0.717) is 16.9 Å². The van der Waals surface area contributed by atoms with Gasteiger partial charge in [0.25, 0.3) is 10.0 Å². The van der Waals surface area contributed by atoms with E-state index >= 15 is 0 Å². The zero-order valence-corrected chi connectivity index (χ0v) is 16.1. The molecular weight excluding hydrogens is 392 g/mol. The Bertz CT molecular complexity index is 1250. The van der Waals surface area contributed by atoms with Gasteiger partial charge in [-0.15, -0.1) is 11.3 Å². The Morgan fingerprint density at radius 2 is 1.82 bits per heavy atom. The van der Waals surface area contributed by atoms with Gasteiger partial charge < -0.3 is 4.98 Å². The van der Waals surface area contributed by atoms with Gasteiger partial charge in [-0.1, -0.05) is 48.5 Å². The van der Waals surface area contributed by atoms with Crippen molar-refractivity contribution in [1.82, 2.24) is 9.97 Å². The molecule has 0 bridgehead atoms. The van der Waals surface area contributed by atoms with Crippen molar-refractivity contribution >= 4 is 38.1 Å². The van der Waals surface area contributed by atoms with Gasteiger partial charge in [0.15, 0.2) is 0 Å². The van der Waals surface area contributed by atoms with E-state index in [1.165, 1.54) is 6.07 Å². The summed E-state index contributed by atoms with van der Waals surface area (Å²) in [6, 6.07) is 21.5. The van der Waals surface area contributed by atoms with E-state index < -0.39 is 15.9 Å². The highest BCUT2D eigenvalue weighted by Crippen LogP contribution is 2.26. The number of hydrogen-bond acceptors (Lipinski definition) is 5. The molecule has 1 atom stereocenters. The molecule has 1 N–H and O–H groups in total. The predicted molar refractivity (Wildman–Crippen MR) is 109 cm³/mol. The third-order valence-electron chi connectivity index (χ3n) is 4.12. The number of nitrogens with zero attached hydrogens (tertiary/aromatic N) is 3. The molecule has 0 saturated carbocycles. The topological polar surface area (TPSA) is 99.0 Å². The van der Waals surface area contributed by atoms with Crippen molar-refractivity contribution in [3.05, 3.63) is 83.5 Å². The zero-order valence-electron chi connectivity index (χ0n) is 14.5. The molecule has 0 unspecified atom stereocenters. The Hall–Kier alpha value is -3.28. The van der Waals surface area contributed by atoms with Crippen LogP contribution in [-0.4, -0.2) is 24.1 Å². The van der Waals surface area contributed by atoms with Crippen LogP contribution in [0.15, 0.2) is 80.7 Å². The fraction of sp³-hybridized carbons (Fsp3) is 0.0500. The number of benzene rings is 2. The van der Waals surface area contributed by atoms with E-state index in [1.54, 1.807) is 35.7 Å². The number of nitrogens with one attached hydrogen (secondary N) is 1. The number of H-pyrrole nitrogens is 1. The number of fused-ring (bicyclic) bond motifs is 1. The van der Waals surface area contributed by atoms with Crippen molar-refractivity contribution in [3.63, 3.8) is 0 Å². The molecular formula is C20H14N4O2S2. The molecule has 28 heavy (non-hydrogen) atoms. The van der Waals surface area contributed by atoms with Crippen molar-refractivity contribution < 1.29 is 8.42 Å².